The highest BCUT2D eigenvalue weighted by molar-refractivity contribution is 6.06. The van der Waals surface area contributed by atoms with Gasteiger partial charge in [-0.15, -0.1) is 0 Å². The summed E-state index contributed by atoms with van der Waals surface area (Å²) in [6, 6.07) is 7.01. The van der Waals surface area contributed by atoms with Crippen molar-refractivity contribution in [1.29, 1.82) is 0 Å². The smallest absolute Gasteiger partial charge is 0.258 e. The van der Waals surface area contributed by atoms with Gasteiger partial charge in [0.1, 0.15) is 17.5 Å². The van der Waals surface area contributed by atoms with E-state index in [1.54, 1.807) is 29.0 Å². The number of aliphatic hydroxyl groups excluding tert-OH is 1. The fourth-order valence-corrected chi connectivity index (χ4v) is 4.27. The number of H-pyrrole nitrogens is 1. The number of rotatable bonds is 6. The molecule has 5 rings (SSSR count). The van der Waals surface area contributed by atoms with Crippen LogP contribution in [0.2, 0.25) is 0 Å². The summed E-state index contributed by atoms with van der Waals surface area (Å²) in [6.07, 6.45) is 1.81. The maximum absolute atomic E-state index is 14.6. The van der Waals surface area contributed by atoms with Gasteiger partial charge in [0.2, 0.25) is 0 Å². The highest BCUT2D eigenvalue weighted by Gasteiger charge is 2.18. The van der Waals surface area contributed by atoms with Crippen LogP contribution in [-0.4, -0.2) is 45.5 Å². The lowest BCUT2D eigenvalue weighted by Gasteiger charge is -2.10. The van der Waals surface area contributed by atoms with Crippen molar-refractivity contribution in [3.05, 3.63) is 69.9 Å². The zero-order valence-electron chi connectivity index (χ0n) is 18.4. The van der Waals surface area contributed by atoms with E-state index in [2.05, 4.69) is 15.0 Å². The molecule has 10 heteroatoms. The molecule has 0 aliphatic heterocycles. The molecule has 0 unspecified atom stereocenters. The predicted molar refractivity (Wildman–Crippen MR) is 123 cm³/mol. The van der Waals surface area contributed by atoms with Gasteiger partial charge in [0.05, 0.1) is 48.3 Å². The Morgan fingerprint density at radius 3 is 2.56 bits per heavy atom. The van der Waals surface area contributed by atoms with E-state index in [-0.39, 0.29) is 30.6 Å². The summed E-state index contributed by atoms with van der Waals surface area (Å²) < 4.78 is 40.6. The Balaban J connectivity index is 1.63. The molecule has 0 bridgehead atoms. The molecular formula is C24H20F2N4O4. The zero-order valence-corrected chi connectivity index (χ0v) is 18.4. The van der Waals surface area contributed by atoms with Crippen LogP contribution in [0.1, 0.15) is 11.4 Å². The Labute approximate surface area is 191 Å². The van der Waals surface area contributed by atoms with E-state index in [9.17, 15) is 18.7 Å². The molecule has 0 aliphatic carbocycles. The van der Waals surface area contributed by atoms with Gasteiger partial charge in [-0.05, 0) is 23.8 Å². The van der Waals surface area contributed by atoms with E-state index in [1.165, 1.54) is 20.3 Å². The minimum Gasteiger partial charge on any atom is -0.493 e. The van der Waals surface area contributed by atoms with E-state index < -0.39 is 11.6 Å². The average molecular weight is 466 g/mol. The van der Waals surface area contributed by atoms with Crippen molar-refractivity contribution in [2.24, 2.45) is 0 Å². The number of nitrogens with one attached hydrogen (secondary N) is 1. The van der Waals surface area contributed by atoms with Crippen molar-refractivity contribution in [3.8, 4) is 11.5 Å². The maximum atomic E-state index is 14.6. The first-order valence-corrected chi connectivity index (χ1v) is 10.4. The van der Waals surface area contributed by atoms with Crippen molar-refractivity contribution in [2.75, 3.05) is 20.8 Å². The molecule has 34 heavy (non-hydrogen) atoms. The predicted octanol–water partition coefficient (Wildman–Crippen LogP) is 3.30. The lowest BCUT2D eigenvalue weighted by atomic mass is 10.1. The van der Waals surface area contributed by atoms with Gasteiger partial charge in [0.25, 0.3) is 5.56 Å². The third-order valence-electron chi connectivity index (χ3n) is 5.72. The van der Waals surface area contributed by atoms with Crippen LogP contribution < -0.4 is 15.0 Å². The number of aromatic nitrogens is 4. The summed E-state index contributed by atoms with van der Waals surface area (Å²) in [4.78, 5) is 24.4. The minimum atomic E-state index is -0.729. The van der Waals surface area contributed by atoms with Gasteiger partial charge in [0.15, 0.2) is 11.5 Å². The molecule has 3 aromatic heterocycles. The highest BCUT2D eigenvalue weighted by Crippen LogP contribution is 2.32. The van der Waals surface area contributed by atoms with Gasteiger partial charge in [-0.3, -0.25) is 9.78 Å². The number of nitrogens with zero attached hydrogens (tertiary/aromatic N) is 3. The molecule has 0 fully saturated rings. The second-order valence-corrected chi connectivity index (χ2v) is 7.78. The summed E-state index contributed by atoms with van der Waals surface area (Å²) in [5, 5.41) is 10.2. The molecule has 0 spiro atoms. The van der Waals surface area contributed by atoms with E-state index in [1.807, 2.05) is 0 Å². The number of aromatic amines is 1. The minimum absolute atomic E-state index is 0.111. The lowest BCUT2D eigenvalue weighted by molar-refractivity contribution is 0.279. The Hall–Kier alpha value is -4.05. The number of fused-ring (bicyclic) bond motifs is 4. The summed E-state index contributed by atoms with van der Waals surface area (Å²) in [5.41, 5.74) is 1.94. The maximum Gasteiger partial charge on any atom is 0.258 e. The quantitative estimate of drug-likeness (QED) is 0.398. The van der Waals surface area contributed by atoms with Crippen LogP contribution in [0.5, 0.6) is 11.5 Å². The van der Waals surface area contributed by atoms with Gasteiger partial charge in [0, 0.05) is 36.7 Å². The molecule has 2 N–H and O–H groups in total. The van der Waals surface area contributed by atoms with Gasteiger partial charge in [-0.25, -0.2) is 13.8 Å². The SMILES string of the molecule is COc1cc2nc(Cc3cnc4c5cc(F)cc(F)c5n(CCO)c4c3)[nH]c(=O)c2cc1OC. The van der Waals surface area contributed by atoms with Gasteiger partial charge in [-0.2, -0.15) is 0 Å². The Morgan fingerprint density at radius 2 is 1.82 bits per heavy atom. The van der Waals surface area contributed by atoms with Crippen molar-refractivity contribution < 1.29 is 23.4 Å². The van der Waals surface area contributed by atoms with Crippen molar-refractivity contribution in [2.45, 2.75) is 13.0 Å². The molecule has 0 atom stereocenters. The van der Waals surface area contributed by atoms with E-state index in [4.69, 9.17) is 9.47 Å². The lowest BCUT2D eigenvalue weighted by Crippen LogP contribution is -2.13. The summed E-state index contributed by atoms with van der Waals surface area (Å²) in [5.74, 6) is -0.167. The van der Waals surface area contributed by atoms with Crippen molar-refractivity contribution in [1.82, 2.24) is 19.5 Å². The Bertz CT molecular complexity index is 1630. The van der Waals surface area contributed by atoms with Crippen LogP contribution >= 0.6 is 0 Å². The summed E-state index contributed by atoms with van der Waals surface area (Å²) in [6.45, 7) is -0.120. The van der Waals surface area contributed by atoms with Gasteiger partial charge >= 0.3 is 0 Å². The van der Waals surface area contributed by atoms with Crippen LogP contribution in [0.3, 0.4) is 0 Å². The number of hydrogen-bond donors (Lipinski definition) is 2. The third kappa shape index (κ3) is 3.52. The first kappa shape index (κ1) is 21.8. The monoisotopic (exact) mass is 466 g/mol. The second-order valence-electron chi connectivity index (χ2n) is 7.78. The molecule has 3 heterocycles. The van der Waals surface area contributed by atoms with E-state index >= 15 is 0 Å². The molecule has 8 nitrogen and oxygen atoms in total. The number of aliphatic hydroxyl groups is 1. The molecule has 2 aromatic carbocycles. The molecule has 0 aliphatic rings. The summed E-state index contributed by atoms with van der Waals surface area (Å²) in [7, 11) is 2.98. The van der Waals surface area contributed by atoms with Crippen LogP contribution in [0, 0.1) is 11.6 Å². The van der Waals surface area contributed by atoms with Crippen LogP contribution in [0.4, 0.5) is 8.78 Å². The first-order chi connectivity index (χ1) is 16.4. The topological polar surface area (TPSA) is 102 Å². The standard InChI is InChI=1S/C24H20F2N4O4/c1-33-19-9-14-17(10-20(19)34-2)28-21(29-24(14)32)6-12-5-18-22(27-11-12)15-7-13(25)8-16(26)23(15)30(18)3-4-31/h5,7-11,31H,3-4,6H2,1-2H3,(H,28,29,32). The Kier molecular flexibility index (Phi) is 5.37. The van der Waals surface area contributed by atoms with Crippen LogP contribution in [0.25, 0.3) is 32.8 Å². The molecule has 174 valence electrons. The van der Waals surface area contributed by atoms with Gasteiger partial charge < -0.3 is 24.1 Å². The van der Waals surface area contributed by atoms with Crippen LogP contribution in [-0.2, 0) is 13.0 Å². The number of ether oxygens (including phenoxy) is 2. The first-order valence-electron chi connectivity index (χ1n) is 10.4. The number of methoxy groups -OCH3 is 2. The molecule has 0 saturated carbocycles. The zero-order chi connectivity index (χ0) is 24.0. The molecular weight excluding hydrogens is 446 g/mol. The highest BCUT2D eigenvalue weighted by atomic mass is 19.1. The van der Waals surface area contributed by atoms with Gasteiger partial charge in [-0.1, -0.05) is 0 Å². The third-order valence-corrected chi connectivity index (χ3v) is 5.72. The fraction of sp³-hybridized carbons (Fsp3) is 0.208. The van der Waals surface area contributed by atoms with E-state index in [0.717, 1.165) is 6.07 Å². The molecule has 0 amide bonds. The fourth-order valence-electron chi connectivity index (χ4n) is 4.27. The molecule has 5 aromatic rings. The Morgan fingerprint density at radius 1 is 1.06 bits per heavy atom. The van der Waals surface area contributed by atoms with Crippen LogP contribution in [0.15, 0.2) is 41.3 Å². The largest absolute Gasteiger partial charge is 0.493 e. The number of pyridine rings is 1. The number of hydrogen-bond acceptors (Lipinski definition) is 6. The summed E-state index contributed by atoms with van der Waals surface area (Å²) >= 11 is 0. The number of benzene rings is 2. The molecule has 0 saturated heterocycles. The average Bonchev–Trinajstić information content (AvgIpc) is 3.11. The van der Waals surface area contributed by atoms with Crippen molar-refractivity contribution in [3.63, 3.8) is 0 Å². The van der Waals surface area contributed by atoms with E-state index in [0.29, 0.717) is 50.2 Å². The number of halogens is 2. The molecule has 0 radical (unpaired) electrons. The second kappa shape index (κ2) is 8.38. The normalized spacial score (nSPS) is 11.6. The van der Waals surface area contributed by atoms with Crippen molar-refractivity contribution >= 4 is 32.8 Å².